The van der Waals surface area contributed by atoms with Crippen molar-refractivity contribution >= 4 is 0 Å². The van der Waals surface area contributed by atoms with Crippen molar-refractivity contribution in [2.45, 2.75) is 33.0 Å². The van der Waals surface area contributed by atoms with Crippen molar-refractivity contribution < 1.29 is 14.6 Å². The Morgan fingerprint density at radius 2 is 2.21 bits per heavy atom. The van der Waals surface area contributed by atoms with Crippen LogP contribution in [0.25, 0.3) is 0 Å². The molecule has 1 saturated heterocycles. The van der Waals surface area contributed by atoms with Gasteiger partial charge in [-0.25, -0.2) is 0 Å². The van der Waals surface area contributed by atoms with Gasteiger partial charge >= 0.3 is 0 Å². The summed E-state index contributed by atoms with van der Waals surface area (Å²) >= 11 is 0. The number of morpholine rings is 1. The number of aliphatic hydroxyl groups excluding tert-OH is 1. The van der Waals surface area contributed by atoms with Crippen molar-refractivity contribution in [1.29, 1.82) is 0 Å². The Morgan fingerprint density at radius 1 is 1.42 bits per heavy atom. The third kappa shape index (κ3) is 7.84. The number of likely N-dealkylation sites (N-methyl/N-ethyl adjacent to an activating group) is 1. The topological polar surface area (TPSA) is 54.0 Å². The van der Waals surface area contributed by atoms with E-state index in [4.69, 9.17) is 9.47 Å². The molecule has 1 rings (SSSR count). The van der Waals surface area contributed by atoms with Crippen molar-refractivity contribution in [3.05, 3.63) is 0 Å². The van der Waals surface area contributed by atoms with Crippen LogP contribution in [0.3, 0.4) is 0 Å². The van der Waals surface area contributed by atoms with Crippen LogP contribution in [0.5, 0.6) is 0 Å². The van der Waals surface area contributed by atoms with E-state index >= 15 is 0 Å². The van der Waals surface area contributed by atoms with Gasteiger partial charge < -0.3 is 19.9 Å². The normalized spacial score (nSPS) is 22.9. The minimum absolute atomic E-state index is 0.234. The van der Waals surface area contributed by atoms with Crippen LogP contribution < -0.4 is 5.32 Å². The molecule has 19 heavy (non-hydrogen) atoms. The molecule has 1 heterocycles. The highest BCUT2D eigenvalue weighted by Crippen LogP contribution is 2.03. The van der Waals surface area contributed by atoms with Crippen molar-refractivity contribution in [3.8, 4) is 0 Å². The summed E-state index contributed by atoms with van der Waals surface area (Å²) in [5.41, 5.74) is 0. The zero-order chi connectivity index (χ0) is 14.1. The van der Waals surface area contributed by atoms with E-state index in [0.29, 0.717) is 25.7 Å². The molecule has 2 unspecified atom stereocenters. The minimum atomic E-state index is -0.440. The minimum Gasteiger partial charge on any atom is -0.389 e. The number of hydrogen-bond donors (Lipinski definition) is 2. The first-order valence-electron chi connectivity index (χ1n) is 7.42. The second-order valence-electron chi connectivity index (χ2n) is 5.63. The molecule has 2 N–H and O–H groups in total. The molecule has 1 aliphatic heterocycles. The maximum Gasteiger partial charge on any atom is 0.0897 e. The molecule has 2 atom stereocenters. The Bertz CT molecular complexity index is 227. The fourth-order valence-electron chi connectivity index (χ4n) is 2.10. The van der Waals surface area contributed by atoms with Gasteiger partial charge in [-0.1, -0.05) is 20.8 Å². The summed E-state index contributed by atoms with van der Waals surface area (Å²) in [6.45, 7) is 12.7. The molecule has 5 nitrogen and oxygen atoms in total. The lowest BCUT2D eigenvalue weighted by atomic mass is 10.2. The van der Waals surface area contributed by atoms with E-state index in [1.54, 1.807) is 0 Å². The third-order valence-corrected chi connectivity index (χ3v) is 3.18. The van der Waals surface area contributed by atoms with Gasteiger partial charge in [0.15, 0.2) is 0 Å². The van der Waals surface area contributed by atoms with Crippen LogP contribution in [0.15, 0.2) is 0 Å². The van der Waals surface area contributed by atoms with Gasteiger partial charge in [0.2, 0.25) is 0 Å². The molecule has 114 valence electrons. The summed E-state index contributed by atoms with van der Waals surface area (Å²) in [7, 11) is 0. The molecule has 0 bridgehead atoms. The third-order valence-electron chi connectivity index (χ3n) is 3.18. The molecule has 1 aliphatic rings. The van der Waals surface area contributed by atoms with Crippen LogP contribution in [-0.4, -0.2) is 74.8 Å². The average Bonchev–Trinajstić information content (AvgIpc) is 2.38. The highest BCUT2D eigenvalue weighted by Gasteiger charge is 2.18. The zero-order valence-electron chi connectivity index (χ0n) is 12.6. The van der Waals surface area contributed by atoms with Gasteiger partial charge in [0.05, 0.1) is 25.4 Å². The Hall–Kier alpha value is -0.200. The Morgan fingerprint density at radius 3 is 2.89 bits per heavy atom. The highest BCUT2D eigenvalue weighted by molar-refractivity contribution is 4.73. The van der Waals surface area contributed by atoms with E-state index in [1.165, 1.54) is 0 Å². The Kier molecular flexibility index (Phi) is 8.57. The zero-order valence-corrected chi connectivity index (χ0v) is 12.6. The molecule has 0 aliphatic carbocycles. The van der Waals surface area contributed by atoms with Gasteiger partial charge in [-0.15, -0.1) is 0 Å². The lowest BCUT2D eigenvalue weighted by molar-refractivity contribution is -0.0278. The summed E-state index contributed by atoms with van der Waals surface area (Å²) in [5.74, 6) is 0.510. The largest absolute Gasteiger partial charge is 0.389 e. The lowest BCUT2D eigenvalue weighted by Crippen LogP contribution is -2.47. The van der Waals surface area contributed by atoms with Gasteiger partial charge in [0.1, 0.15) is 0 Å². The van der Waals surface area contributed by atoms with Crippen molar-refractivity contribution in [3.63, 3.8) is 0 Å². The molecule has 0 aromatic rings. The van der Waals surface area contributed by atoms with Crippen LogP contribution in [0.4, 0.5) is 0 Å². The first-order chi connectivity index (χ1) is 9.11. The maximum atomic E-state index is 9.75. The summed E-state index contributed by atoms with van der Waals surface area (Å²) in [4.78, 5) is 2.39. The molecule has 0 amide bonds. The monoisotopic (exact) mass is 274 g/mol. The molecule has 0 aromatic carbocycles. The number of rotatable bonds is 9. The first kappa shape index (κ1) is 16.9. The van der Waals surface area contributed by atoms with Gasteiger partial charge in [0, 0.05) is 32.8 Å². The molecular weight excluding hydrogens is 244 g/mol. The van der Waals surface area contributed by atoms with Crippen molar-refractivity contribution in [2.75, 3.05) is 52.5 Å². The van der Waals surface area contributed by atoms with Gasteiger partial charge in [-0.3, -0.25) is 4.90 Å². The first-order valence-corrected chi connectivity index (χ1v) is 7.42. The SMILES string of the molecule is CCN1CCOC(CNCC(O)COCC(C)C)C1. The van der Waals surface area contributed by atoms with E-state index in [1.807, 2.05) is 0 Å². The highest BCUT2D eigenvalue weighted by atomic mass is 16.5. The molecule has 0 aromatic heterocycles. The van der Waals surface area contributed by atoms with E-state index in [2.05, 4.69) is 31.0 Å². The van der Waals surface area contributed by atoms with Crippen LogP contribution in [-0.2, 0) is 9.47 Å². The quantitative estimate of drug-likeness (QED) is 0.635. The molecule has 0 spiro atoms. The van der Waals surface area contributed by atoms with Gasteiger partial charge in [-0.05, 0) is 12.5 Å². The van der Waals surface area contributed by atoms with E-state index in [0.717, 1.165) is 32.8 Å². The van der Waals surface area contributed by atoms with Crippen LogP contribution in [0.2, 0.25) is 0 Å². The van der Waals surface area contributed by atoms with E-state index in [-0.39, 0.29) is 6.10 Å². The molecule has 5 heteroatoms. The van der Waals surface area contributed by atoms with E-state index < -0.39 is 6.10 Å². The predicted molar refractivity (Wildman–Crippen MR) is 76.4 cm³/mol. The number of aliphatic hydroxyl groups is 1. The number of hydrogen-bond acceptors (Lipinski definition) is 5. The summed E-state index contributed by atoms with van der Waals surface area (Å²) in [5, 5.41) is 13.0. The standard InChI is InChI=1S/C14H30N2O3/c1-4-16-5-6-19-14(9-16)8-15-7-13(17)11-18-10-12(2)3/h12-15,17H,4-11H2,1-3H3. The summed E-state index contributed by atoms with van der Waals surface area (Å²) < 4.78 is 11.1. The van der Waals surface area contributed by atoms with E-state index in [9.17, 15) is 5.11 Å². The maximum absolute atomic E-state index is 9.75. The van der Waals surface area contributed by atoms with Crippen molar-refractivity contribution in [1.82, 2.24) is 10.2 Å². The fourth-order valence-corrected chi connectivity index (χ4v) is 2.10. The van der Waals surface area contributed by atoms with Gasteiger partial charge in [0.25, 0.3) is 0 Å². The Labute approximate surface area is 117 Å². The predicted octanol–water partition coefficient (Wildman–Crippen LogP) is 0.330. The average molecular weight is 274 g/mol. The van der Waals surface area contributed by atoms with Crippen molar-refractivity contribution in [2.24, 2.45) is 5.92 Å². The number of ether oxygens (including phenoxy) is 2. The molecular formula is C14H30N2O3. The molecule has 0 saturated carbocycles. The molecule has 0 radical (unpaired) electrons. The second-order valence-corrected chi connectivity index (χ2v) is 5.63. The van der Waals surface area contributed by atoms with Crippen LogP contribution >= 0.6 is 0 Å². The van der Waals surface area contributed by atoms with Crippen LogP contribution in [0.1, 0.15) is 20.8 Å². The van der Waals surface area contributed by atoms with Crippen LogP contribution in [0, 0.1) is 5.92 Å². The number of nitrogens with one attached hydrogen (secondary N) is 1. The molecule has 1 fully saturated rings. The summed E-state index contributed by atoms with van der Waals surface area (Å²) in [6, 6.07) is 0. The number of nitrogens with zero attached hydrogens (tertiary/aromatic N) is 1. The summed E-state index contributed by atoms with van der Waals surface area (Å²) in [6.07, 6.45) is -0.206. The Balaban J connectivity index is 2.02. The lowest BCUT2D eigenvalue weighted by Gasteiger charge is -2.32. The van der Waals surface area contributed by atoms with Gasteiger partial charge in [-0.2, -0.15) is 0 Å². The second kappa shape index (κ2) is 9.66. The fraction of sp³-hybridized carbons (Fsp3) is 1.00. The smallest absolute Gasteiger partial charge is 0.0897 e.